The second kappa shape index (κ2) is 10.9. The first-order chi connectivity index (χ1) is 17.0. The third-order valence-electron chi connectivity index (χ3n) is 4.90. The summed E-state index contributed by atoms with van der Waals surface area (Å²) in [7, 11) is 0. The molecule has 0 radical (unpaired) electrons. The van der Waals surface area contributed by atoms with Crippen molar-refractivity contribution in [3.05, 3.63) is 80.6 Å². The summed E-state index contributed by atoms with van der Waals surface area (Å²) in [5.74, 6) is 1.40. The van der Waals surface area contributed by atoms with Gasteiger partial charge in [-0.3, -0.25) is 19.8 Å². The molecule has 4 aromatic rings. The zero-order valence-electron chi connectivity index (χ0n) is 19.2. The van der Waals surface area contributed by atoms with E-state index >= 15 is 0 Å². The zero-order chi connectivity index (χ0) is 24.6. The van der Waals surface area contributed by atoms with E-state index in [1.165, 1.54) is 0 Å². The third-order valence-corrected chi connectivity index (χ3v) is 4.90. The van der Waals surface area contributed by atoms with Crippen molar-refractivity contribution in [3.8, 4) is 11.5 Å². The van der Waals surface area contributed by atoms with Crippen LogP contribution in [0, 0.1) is 13.8 Å². The van der Waals surface area contributed by atoms with Crippen LogP contribution in [-0.4, -0.2) is 33.6 Å². The number of rotatable bonds is 10. The van der Waals surface area contributed by atoms with Crippen molar-refractivity contribution >= 4 is 22.7 Å². The molecular weight excluding hydrogens is 452 g/mol. The average Bonchev–Trinajstić information content (AvgIpc) is 3.37. The molecule has 0 aliphatic carbocycles. The van der Waals surface area contributed by atoms with Gasteiger partial charge in [0.1, 0.15) is 11.5 Å². The van der Waals surface area contributed by atoms with Crippen LogP contribution < -0.4 is 20.6 Å². The molecule has 12 nitrogen and oxygen atoms in total. The second-order valence-electron chi connectivity index (χ2n) is 7.54. The van der Waals surface area contributed by atoms with Gasteiger partial charge >= 0.3 is 0 Å². The zero-order valence-corrected chi connectivity index (χ0v) is 19.2. The summed E-state index contributed by atoms with van der Waals surface area (Å²) in [6, 6.07) is 14.2. The molecular formula is C23H24N8O4. The highest BCUT2D eigenvalue weighted by Gasteiger charge is 2.05. The lowest BCUT2D eigenvalue weighted by molar-refractivity contribution is 0.247. The molecule has 35 heavy (non-hydrogen) atoms. The van der Waals surface area contributed by atoms with E-state index in [1.54, 1.807) is 62.4 Å². The predicted molar refractivity (Wildman–Crippen MR) is 129 cm³/mol. The first-order valence-electron chi connectivity index (χ1n) is 10.8. The number of hydrogen-bond acceptors (Lipinski definition) is 8. The largest absolute Gasteiger partial charge is 0.493 e. The highest BCUT2D eigenvalue weighted by Crippen LogP contribution is 2.22. The second-order valence-corrected chi connectivity index (χ2v) is 7.54. The molecule has 0 saturated carbocycles. The van der Waals surface area contributed by atoms with Gasteiger partial charge in [-0.1, -0.05) is 0 Å². The molecule has 2 aromatic heterocycles. The molecule has 0 aliphatic heterocycles. The van der Waals surface area contributed by atoms with Gasteiger partial charge in [-0.2, -0.15) is 10.2 Å². The van der Waals surface area contributed by atoms with Crippen molar-refractivity contribution in [2.45, 2.75) is 20.3 Å². The minimum atomic E-state index is -0.310. The fraction of sp³-hybridized carbons (Fsp3) is 0.217. The summed E-state index contributed by atoms with van der Waals surface area (Å²) in [5, 5.41) is 26.4. The van der Waals surface area contributed by atoms with Gasteiger partial charge in [0.15, 0.2) is 11.4 Å². The lowest BCUT2D eigenvalue weighted by Crippen LogP contribution is -2.04. The normalized spacial score (nSPS) is 11.5. The Hall–Kier alpha value is -4.74. The van der Waals surface area contributed by atoms with E-state index in [0.717, 1.165) is 0 Å². The van der Waals surface area contributed by atoms with E-state index in [9.17, 15) is 9.59 Å². The number of aromatic nitrogens is 4. The molecule has 4 N–H and O–H groups in total. The van der Waals surface area contributed by atoms with Crippen molar-refractivity contribution < 1.29 is 9.47 Å². The van der Waals surface area contributed by atoms with Crippen LogP contribution in [0.25, 0.3) is 0 Å². The van der Waals surface area contributed by atoms with Crippen LogP contribution in [0.1, 0.15) is 17.8 Å². The standard InChI is InChI=1S/C23H24N8O4/c1-14-20(22(32)30-24-14)28-26-16-4-8-18(9-5-16)34-12-3-13-35-19-10-6-17(7-11-19)27-29-21-15(2)25-31-23(21)33/h4-11H,3,12-13H2,1-2H3,(H2,24,30,32)(H2,25,31,33). The van der Waals surface area contributed by atoms with Gasteiger partial charge < -0.3 is 19.7 Å². The molecule has 2 heterocycles. The maximum absolute atomic E-state index is 11.6. The van der Waals surface area contributed by atoms with Gasteiger partial charge in [-0.25, -0.2) is 0 Å². The molecule has 2 aromatic carbocycles. The van der Waals surface area contributed by atoms with E-state index in [0.29, 0.717) is 53.9 Å². The molecule has 0 aliphatic rings. The lowest BCUT2D eigenvalue weighted by atomic mass is 10.3. The Morgan fingerprint density at radius 2 is 1.00 bits per heavy atom. The number of ether oxygens (including phenoxy) is 2. The Morgan fingerprint density at radius 3 is 1.34 bits per heavy atom. The summed E-state index contributed by atoms with van der Waals surface area (Å²) in [6.07, 6.45) is 0.688. The smallest absolute Gasteiger partial charge is 0.291 e. The van der Waals surface area contributed by atoms with Crippen molar-refractivity contribution in [2.24, 2.45) is 20.5 Å². The van der Waals surface area contributed by atoms with Crippen molar-refractivity contribution in [2.75, 3.05) is 13.2 Å². The molecule has 180 valence electrons. The molecule has 12 heteroatoms. The number of nitrogens with one attached hydrogen (secondary N) is 4. The fourth-order valence-electron chi connectivity index (χ4n) is 2.99. The molecule has 0 fully saturated rings. The van der Waals surface area contributed by atoms with Gasteiger partial charge in [0.2, 0.25) is 0 Å². The number of H-pyrrole nitrogens is 4. The van der Waals surface area contributed by atoms with E-state index in [-0.39, 0.29) is 22.5 Å². The molecule has 0 bridgehead atoms. The Kier molecular flexibility index (Phi) is 7.31. The summed E-state index contributed by atoms with van der Waals surface area (Å²) in [4.78, 5) is 23.2. The third kappa shape index (κ3) is 6.19. The molecule has 0 saturated heterocycles. The van der Waals surface area contributed by atoms with Gasteiger partial charge in [0.25, 0.3) is 11.1 Å². The molecule has 4 rings (SSSR count). The number of aromatic amines is 4. The highest BCUT2D eigenvalue weighted by atomic mass is 16.5. The molecule has 0 spiro atoms. The molecule has 0 atom stereocenters. The minimum absolute atomic E-state index is 0.257. The molecule has 0 amide bonds. The first kappa shape index (κ1) is 23.4. The summed E-state index contributed by atoms with van der Waals surface area (Å²) in [6.45, 7) is 4.45. The van der Waals surface area contributed by atoms with Crippen LogP contribution in [-0.2, 0) is 0 Å². The monoisotopic (exact) mass is 476 g/mol. The quantitative estimate of drug-likeness (QED) is 0.187. The Labute approximate surface area is 199 Å². The van der Waals surface area contributed by atoms with Crippen LogP contribution in [0.5, 0.6) is 11.5 Å². The topological polar surface area (TPSA) is 165 Å². The summed E-state index contributed by atoms with van der Waals surface area (Å²) in [5.41, 5.74) is 2.37. The average molecular weight is 476 g/mol. The minimum Gasteiger partial charge on any atom is -0.493 e. The van der Waals surface area contributed by atoms with Crippen LogP contribution in [0.3, 0.4) is 0 Å². The Morgan fingerprint density at radius 1 is 0.600 bits per heavy atom. The number of hydrogen-bond donors (Lipinski definition) is 4. The maximum Gasteiger partial charge on any atom is 0.291 e. The van der Waals surface area contributed by atoms with Crippen LogP contribution in [0.2, 0.25) is 0 Å². The van der Waals surface area contributed by atoms with E-state index in [2.05, 4.69) is 40.9 Å². The maximum atomic E-state index is 11.6. The highest BCUT2D eigenvalue weighted by molar-refractivity contribution is 5.44. The van der Waals surface area contributed by atoms with E-state index in [1.807, 2.05) is 0 Å². The van der Waals surface area contributed by atoms with Crippen molar-refractivity contribution in [3.63, 3.8) is 0 Å². The SMILES string of the molecule is Cc1[nH][nH]c(=O)c1N=Nc1ccc(OCCCOc2ccc(N=Nc3c(C)[nH][nH]c3=O)cc2)cc1. The number of benzene rings is 2. The van der Waals surface area contributed by atoms with Crippen molar-refractivity contribution in [1.29, 1.82) is 0 Å². The van der Waals surface area contributed by atoms with Gasteiger partial charge in [0, 0.05) is 6.42 Å². The summed E-state index contributed by atoms with van der Waals surface area (Å²) >= 11 is 0. The fourth-order valence-corrected chi connectivity index (χ4v) is 2.99. The number of nitrogens with zero attached hydrogens (tertiary/aromatic N) is 4. The predicted octanol–water partition coefficient (Wildman–Crippen LogP) is 5.01. The molecule has 0 unspecified atom stereocenters. The lowest BCUT2D eigenvalue weighted by Gasteiger charge is -2.08. The first-order valence-corrected chi connectivity index (χ1v) is 10.8. The van der Waals surface area contributed by atoms with Gasteiger partial charge in [-0.15, -0.1) is 10.2 Å². The van der Waals surface area contributed by atoms with Crippen LogP contribution in [0.15, 0.2) is 78.6 Å². The number of aryl methyl sites for hydroxylation is 2. The van der Waals surface area contributed by atoms with Gasteiger partial charge in [-0.05, 0) is 62.4 Å². The number of azo groups is 2. The summed E-state index contributed by atoms with van der Waals surface area (Å²) < 4.78 is 11.4. The van der Waals surface area contributed by atoms with Crippen molar-refractivity contribution in [1.82, 2.24) is 20.4 Å². The Balaban J connectivity index is 1.18. The van der Waals surface area contributed by atoms with Gasteiger partial charge in [0.05, 0.1) is 36.0 Å². The van der Waals surface area contributed by atoms with Crippen LogP contribution in [0.4, 0.5) is 22.7 Å². The van der Waals surface area contributed by atoms with E-state index in [4.69, 9.17) is 9.47 Å². The Bertz CT molecular complexity index is 1320. The van der Waals surface area contributed by atoms with E-state index < -0.39 is 0 Å². The van der Waals surface area contributed by atoms with Crippen LogP contribution >= 0.6 is 0 Å².